The lowest BCUT2D eigenvalue weighted by atomic mass is 10.0. The molecule has 2 nitrogen and oxygen atoms in total. The van der Waals surface area contributed by atoms with Crippen molar-refractivity contribution < 1.29 is 9.90 Å². The summed E-state index contributed by atoms with van der Waals surface area (Å²) in [4.78, 5) is 10.7. The number of carbonyl (C=O) groups is 1. The molecule has 0 radical (unpaired) electrons. The second-order valence-corrected chi connectivity index (χ2v) is 3.62. The maximum absolute atomic E-state index is 10.7. The molecule has 1 N–H and O–H groups in total. The first-order valence-electron chi connectivity index (χ1n) is 4.00. The van der Waals surface area contributed by atoms with Crippen molar-refractivity contribution in [3.63, 3.8) is 0 Å². The lowest BCUT2D eigenvalue weighted by Gasteiger charge is -2.10. The van der Waals surface area contributed by atoms with Gasteiger partial charge in [-0.1, -0.05) is 23.8 Å². The van der Waals surface area contributed by atoms with E-state index >= 15 is 0 Å². The van der Waals surface area contributed by atoms with Gasteiger partial charge in [-0.05, 0) is 25.0 Å². The zero-order chi connectivity index (χ0) is 10.0. The molecule has 0 aliphatic heterocycles. The highest BCUT2D eigenvalue weighted by Crippen LogP contribution is 2.24. The average Bonchev–Trinajstić information content (AvgIpc) is 2.08. The number of aliphatic carboxylic acids is 1. The Morgan fingerprint density at radius 2 is 2.08 bits per heavy atom. The van der Waals surface area contributed by atoms with Gasteiger partial charge in [0.1, 0.15) is 5.25 Å². The van der Waals surface area contributed by atoms with Crippen molar-refractivity contribution in [2.45, 2.75) is 19.1 Å². The van der Waals surface area contributed by atoms with Gasteiger partial charge in [-0.15, -0.1) is 0 Å². The first kappa shape index (κ1) is 10.1. The van der Waals surface area contributed by atoms with Crippen LogP contribution in [0.2, 0.25) is 0 Å². The van der Waals surface area contributed by atoms with Crippen molar-refractivity contribution in [2.75, 3.05) is 0 Å². The Morgan fingerprint density at radius 1 is 1.46 bits per heavy atom. The number of thiol groups is 1. The van der Waals surface area contributed by atoms with E-state index in [-0.39, 0.29) is 0 Å². The van der Waals surface area contributed by atoms with Gasteiger partial charge in [0.2, 0.25) is 0 Å². The molecule has 0 bridgehead atoms. The summed E-state index contributed by atoms with van der Waals surface area (Å²) in [5.41, 5.74) is 2.80. The van der Waals surface area contributed by atoms with Crippen LogP contribution in [0.1, 0.15) is 21.9 Å². The third kappa shape index (κ3) is 2.25. The fraction of sp³-hybridized carbons (Fsp3) is 0.300. The van der Waals surface area contributed by atoms with Gasteiger partial charge >= 0.3 is 5.97 Å². The molecule has 0 fully saturated rings. The lowest BCUT2D eigenvalue weighted by Crippen LogP contribution is -2.06. The maximum Gasteiger partial charge on any atom is 0.320 e. The Labute approximate surface area is 83.0 Å². The van der Waals surface area contributed by atoms with E-state index in [4.69, 9.17) is 5.11 Å². The van der Waals surface area contributed by atoms with E-state index in [9.17, 15) is 4.79 Å². The highest BCUT2D eigenvalue weighted by molar-refractivity contribution is 7.81. The van der Waals surface area contributed by atoms with E-state index in [0.717, 1.165) is 16.7 Å². The monoisotopic (exact) mass is 196 g/mol. The molecule has 0 heterocycles. The summed E-state index contributed by atoms with van der Waals surface area (Å²) >= 11 is 4.03. The van der Waals surface area contributed by atoms with Crippen LogP contribution in [-0.4, -0.2) is 11.1 Å². The molecule has 0 saturated heterocycles. The summed E-state index contributed by atoms with van der Waals surface area (Å²) in [5.74, 6) is -0.906. The minimum absolute atomic E-state index is 0.722. The van der Waals surface area contributed by atoms with Gasteiger partial charge in [0.15, 0.2) is 0 Å². The summed E-state index contributed by atoms with van der Waals surface area (Å²) < 4.78 is 0. The Bertz CT molecular complexity index is 334. The van der Waals surface area contributed by atoms with Crippen LogP contribution in [0.15, 0.2) is 18.2 Å². The Morgan fingerprint density at radius 3 is 2.62 bits per heavy atom. The van der Waals surface area contributed by atoms with Gasteiger partial charge < -0.3 is 5.11 Å². The van der Waals surface area contributed by atoms with Crippen molar-refractivity contribution in [1.29, 1.82) is 0 Å². The quantitative estimate of drug-likeness (QED) is 0.712. The standard InChI is InChI=1S/C10H12O2S/c1-6-3-4-7(2)8(5-6)9(13)10(11)12/h3-5,9,13H,1-2H3,(H,11,12)/t9-/m0/s1. The molecule has 0 aliphatic carbocycles. The highest BCUT2D eigenvalue weighted by Gasteiger charge is 2.16. The van der Waals surface area contributed by atoms with Crippen molar-refractivity contribution >= 4 is 18.6 Å². The predicted molar refractivity (Wildman–Crippen MR) is 55.3 cm³/mol. The fourth-order valence-corrected chi connectivity index (χ4v) is 1.47. The first-order chi connectivity index (χ1) is 6.02. The maximum atomic E-state index is 10.7. The van der Waals surface area contributed by atoms with Crippen LogP contribution >= 0.6 is 12.6 Å². The van der Waals surface area contributed by atoms with E-state index in [1.807, 2.05) is 32.0 Å². The number of hydrogen-bond donors (Lipinski definition) is 2. The van der Waals surface area contributed by atoms with Crippen LogP contribution in [0.4, 0.5) is 0 Å². The number of benzene rings is 1. The Balaban J connectivity index is 3.12. The van der Waals surface area contributed by atoms with E-state index in [1.165, 1.54) is 0 Å². The third-order valence-electron chi connectivity index (χ3n) is 1.96. The molecule has 70 valence electrons. The zero-order valence-corrected chi connectivity index (χ0v) is 8.51. The topological polar surface area (TPSA) is 37.3 Å². The number of carboxylic acid groups (broad SMARTS) is 1. The van der Waals surface area contributed by atoms with Gasteiger partial charge in [-0.2, -0.15) is 12.6 Å². The third-order valence-corrected chi connectivity index (χ3v) is 2.46. The van der Waals surface area contributed by atoms with E-state index in [2.05, 4.69) is 12.6 Å². The minimum atomic E-state index is -0.906. The summed E-state index contributed by atoms with van der Waals surface area (Å²) in [5, 5.41) is 8.05. The smallest absolute Gasteiger partial charge is 0.320 e. The van der Waals surface area contributed by atoms with Crippen molar-refractivity contribution in [3.8, 4) is 0 Å². The molecule has 0 amide bonds. The molecule has 0 aliphatic rings. The fourth-order valence-electron chi connectivity index (χ4n) is 1.19. The Hall–Kier alpha value is -0.960. The molecule has 1 aromatic rings. The van der Waals surface area contributed by atoms with Gasteiger partial charge in [-0.25, -0.2) is 0 Å². The van der Waals surface area contributed by atoms with Crippen LogP contribution in [0.5, 0.6) is 0 Å². The van der Waals surface area contributed by atoms with E-state index < -0.39 is 11.2 Å². The largest absolute Gasteiger partial charge is 0.480 e. The Kier molecular flexibility index (Phi) is 2.98. The summed E-state index contributed by atoms with van der Waals surface area (Å²) in [7, 11) is 0. The number of aryl methyl sites for hydroxylation is 2. The molecular formula is C10H12O2S. The van der Waals surface area contributed by atoms with Gasteiger partial charge in [0, 0.05) is 0 Å². The summed E-state index contributed by atoms with van der Waals surface area (Å²) in [6.07, 6.45) is 0. The van der Waals surface area contributed by atoms with Crippen LogP contribution < -0.4 is 0 Å². The first-order valence-corrected chi connectivity index (χ1v) is 4.52. The average molecular weight is 196 g/mol. The molecule has 1 atom stereocenters. The molecular weight excluding hydrogens is 184 g/mol. The molecule has 0 spiro atoms. The molecule has 3 heteroatoms. The molecule has 13 heavy (non-hydrogen) atoms. The number of hydrogen-bond acceptors (Lipinski definition) is 2. The van der Waals surface area contributed by atoms with Crippen LogP contribution in [0.25, 0.3) is 0 Å². The SMILES string of the molecule is Cc1ccc(C)c([C@H](S)C(=O)O)c1. The minimum Gasteiger partial charge on any atom is -0.480 e. The van der Waals surface area contributed by atoms with Crippen LogP contribution in [-0.2, 0) is 4.79 Å². The van der Waals surface area contributed by atoms with E-state index in [0.29, 0.717) is 0 Å². The molecule has 0 saturated carbocycles. The summed E-state index contributed by atoms with van der Waals surface area (Å²) in [6.45, 7) is 3.83. The van der Waals surface area contributed by atoms with Gasteiger partial charge in [0.25, 0.3) is 0 Å². The second-order valence-electron chi connectivity index (χ2n) is 3.10. The van der Waals surface area contributed by atoms with Crippen molar-refractivity contribution in [1.82, 2.24) is 0 Å². The predicted octanol–water partition coefficient (Wildman–Crippen LogP) is 2.36. The summed E-state index contributed by atoms with van der Waals surface area (Å²) in [6, 6.07) is 5.74. The highest BCUT2D eigenvalue weighted by atomic mass is 32.1. The van der Waals surface area contributed by atoms with Crippen LogP contribution in [0, 0.1) is 13.8 Å². The molecule has 1 rings (SSSR count). The molecule has 0 unspecified atom stereocenters. The van der Waals surface area contributed by atoms with Crippen molar-refractivity contribution in [2.24, 2.45) is 0 Å². The van der Waals surface area contributed by atoms with Crippen LogP contribution in [0.3, 0.4) is 0 Å². The molecule has 1 aromatic carbocycles. The lowest BCUT2D eigenvalue weighted by molar-refractivity contribution is -0.136. The zero-order valence-electron chi connectivity index (χ0n) is 7.61. The normalized spacial score (nSPS) is 12.5. The van der Waals surface area contributed by atoms with Crippen molar-refractivity contribution in [3.05, 3.63) is 34.9 Å². The number of rotatable bonds is 2. The van der Waals surface area contributed by atoms with Gasteiger partial charge in [-0.3, -0.25) is 4.79 Å². The second kappa shape index (κ2) is 3.83. The van der Waals surface area contributed by atoms with Gasteiger partial charge in [0.05, 0.1) is 0 Å². The van der Waals surface area contributed by atoms with E-state index in [1.54, 1.807) is 0 Å². The molecule has 0 aromatic heterocycles. The number of carboxylic acids is 1.